The van der Waals surface area contributed by atoms with Crippen LogP contribution in [0.25, 0.3) is 0 Å². The number of likely N-dealkylation sites (tertiary alicyclic amines) is 2. The first kappa shape index (κ1) is 24.5. The molecule has 3 fully saturated rings. The van der Waals surface area contributed by atoms with Crippen LogP contribution in [0.2, 0.25) is 0 Å². The molecule has 0 aromatic carbocycles. The van der Waals surface area contributed by atoms with Gasteiger partial charge >= 0.3 is 0 Å². The van der Waals surface area contributed by atoms with E-state index in [0.717, 1.165) is 12.3 Å². The van der Waals surface area contributed by atoms with E-state index in [-0.39, 0.29) is 11.1 Å². The van der Waals surface area contributed by atoms with Crippen LogP contribution in [-0.4, -0.2) is 91.0 Å². The van der Waals surface area contributed by atoms with Crippen molar-refractivity contribution in [1.82, 2.24) is 14.7 Å². The maximum atomic E-state index is 11.8. The molecule has 3 aliphatic rings. The molecule has 0 amide bonds. The fraction of sp³-hybridized carbons (Fsp3) is 1.00. The molecule has 176 valence electrons. The van der Waals surface area contributed by atoms with E-state index in [1.54, 1.807) is 0 Å². The monoisotopic (exact) mass is 441 g/mol. The second kappa shape index (κ2) is 8.64. The second-order valence-electron chi connectivity index (χ2n) is 12.2. The highest BCUT2D eigenvalue weighted by molar-refractivity contribution is 7.91. The summed E-state index contributed by atoms with van der Waals surface area (Å²) in [6.07, 6.45) is 4.96. The molecule has 0 radical (unpaired) electrons. The van der Waals surface area contributed by atoms with Crippen LogP contribution in [-0.2, 0) is 9.84 Å². The number of piperidine rings is 1. The lowest BCUT2D eigenvalue weighted by molar-refractivity contribution is -0.0145. The fourth-order valence-corrected chi connectivity index (χ4v) is 7.57. The topological polar surface area (TPSA) is 43.9 Å². The molecule has 0 N–H and O–H groups in total. The van der Waals surface area contributed by atoms with E-state index >= 15 is 0 Å². The predicted octanol–water partition coefficient (Wildman–Crippen LogP) is 3.50. The van der Waals surface area contributed by atoms with Crippen LogP contribution in [0.4, 0.5) is 0 Å². The van der Waals surface area contributed by atoms with Gasteiger partial charge in [-0.05, 0) is 98.2 Å². The van der Waals surface area contributed by atoms with Gasteiger partial charge in [0.25, 0.3) is 0 Å². The van der Waals surface area contributed by atoms with Crippen molar-refractivity contribution in [2.45, 2.75) is 91.3 Å². The Morgan fingerprint density at radius 2 is 1.50 bits per heavy atom. The van der Waals surface area contributed by atoms with Gasteiger partial charge in [-0.25, -0.2) is 8.42 Å². The van der Waals surface area contributed by atoms with Crippen LogP contribution < -0.4 is 0 Å². The molecular weight excluding hydrogens is 394 g/mol. The number of sulfone groups is 1. The molecule has 1 unspecified atom stereocenters. The Hall–Kier alpha value is -0.170. The van der Waals surface area contributed by atoms with E-state index in [4.69, 9.17) is 0 Å². The molecule has 3 saturated heterocycles. The van der Waals surface area contributed by atoms with Crippen LogP contribution in [0.1, 0.15) is 74.1 Å². The summed E-state index contributed by atoms with van der Waals surface area (Å²) in [5.41, 5.74) is 0.666. The first-order chi connectivity index (χ1) is 13.7. The maximum Gasteiger partial charge on any atom is 0.152 e. The summed E-state index contributed by atoms with van der Waals surface area (Å²) < 4.78 is 23.7. The van der Waals surface area contributed by atoms with Gasteiger partial charge in [0.05, 0.1) is 11.5 Å². The van der Waals surface area contributed by atoms with Crippen molar-refractivity contribution in [3.8, 4) is 0 Å². The zero-order chi connectivity index (χ0) is 22.4. The van der Waals surface area contributed by atoms with Crippen molar-refractivity contribution in [1.29, 1.82) is 0 Å². The average molecular weight is 442 g/mol. The highest BCUT2D eigenvalue weighted by atomic mass is 32.2. The third kappa shape index (κ3) is 5.41. The SMILES string of the molecule is CC(C)N1CCC(C(C)(C)N2CCC(C)(CC(C)(C)N3CCS(=O)(=O)CC3)CC2)C1. The molecular formula is C24H47N3O2S. The molecule has 5 nitrogen and oxygen atoms in total. The molecule has 3 rings (SSSR count). The van der Waals surface area contributed by atoms with Gasteiger partial charge in [0.1, 0.15) is 0 Å². The van der Waals surface area contributed by atoms with Crippen molar-refractivity contribution in [2.75, 3.05) is 50.8 Å². The van der Waals surface area contributed by atoms with Gasteiger partial charge in [-0.15, -0.1) is 0 Å². The summed E-state index contributed by atoms with van der Waals surface area (Å²) in [5, 5.41) is 0. The Balaban J connectivity index is 1.56. The number of nitrogens with zero attached hydrogens (tertiary/aromatic N) is 3. The first-order valence-electron chi connectivity index (χ1n) is 12.2. The van der Waals surface area contributed by atoms with Gasteiger partial charge in [0.2, 0.25) is 0 Å². The van der Waals surface area contributed by atoms with Crippen LogP contribution in [0.15, 0.2) is 0 Å². The minimum atomic E-state index is -2.82. The minimum Gasteiger partial charge on any atom is -0.301 e. The molecule has 0 bridgehead atoms. The van der Waals surface area contributed by atoms with Gasteiger partial charge in [0, 0.05) is 36.8 Å². The van der Waals surface area contributed by atoms with Crippen LogP contribution in [0.5, 0.6) is 0 Å². The van der Waals surface area contributed by atoms with Gasteiger partial charge in [0.15, 0.2) is 9.84 Å². The fourth-order valence-electron chi connectivity index (χ4n) is 6.36. The number of hydrogen-bond acceptors (Lipinski definition) is 5. The third-order valence-electron chi connectivity index (χ3n) is 8.79. The van der Waals surface area contributed by atoms with E-state index in [1.807, 2.05) is 0 Å². The molecule has 1 atom stereocenters. The van der Waals surface area contributed by atoms with E-state index in [1.165, 1.54) is 45.4 Å². The van der Waals surface area contributed by atoms with Crippen molar-refractivity contribution < 1.29 is 8.42 Å². The normalized spacial score (nSPS) is 29.5. The molecule has 0 saturated carbocycles. The zero-order valence-electron chi connectivity index (χ0n) is 20.7. The Morgan fingerprint density at radius 1 is 0.933 bits per heavy atom. The smallest absolute Gasteiger partial charge is 0.152 e. The Morgan fingerprint density at radius 3 is 2.00 bits per heavy atom. The van der Waals surface area contributed by atoms with Gasteiger partial charge in [-0.1, -0.05) is 6.92 Å². The summed E-state index contributed by atoms with van der Waals surface area (Å²) in [5.74, 6) is 1.41. The predicted molar refractivity (Wildman–Crippen MR) is 127 cm³/mol. The molecule has 3 aliphatic heterocycles. The highest BCUT2D eigenvalue weighted by Crippen LogP contribution is 2.43. The zero-order valence-corrected chi connectivity index (χ0v) is 21.5. The van der Waals surface area contributed by atoms with E-state index < -0.39 is 9.84 Å². The Kier molecular flexibility index (Phi) is 7.05. The van der Waals surface area contributed by atoms with E-state index in [9.17, 15) is 8.42 Å². The molecule has 0 aromatic rings. The van der Waals surface area contributed by atoms with Crippen LogP contribution in [0.3, 0.4) is 0 Å². The van der Waals surface area contributed by atoms with Crippen molar-refractivity contribution in [2.24, 2.45) is 11.3 Å². The van der Waals surface area contributed by atoms with E-state index in [2.05, 4.69) is 63.2 Å². The Bertz CT molecular complexity index is 679. The lowest BCUT2D eigenvalue weighted by Crippen LogP contribution is -2.57. The summed E-state index contributed by atoms with van der Waals surface area (Å²) in [6, 6.07) is 0.655. The standard InChI is InChI=1S/C24H47N3O2S/c1-20(2)25-11-8-21(18-25)23(5,6)27-12-9-24(7,10-13-27)19-22(3,4)26-14-16-30(28,29)17-15-26/h20-21H,8-19H2,1-7H3. The molecule has 3 heterocycles. The van der Waals surface area contributed by atoms with Gasteiger partial charge in [-0.2, -0.15) is 0 Å². The minimum absolute atomic E-state index is 0.0611. The molecule has 6 heteroatoms. The summed E-state index contributed by atoms with van der Waals surface area (Å²) in [4.78, 5) is 7.83. The third-order valence-corrected chi connectivity index (χ3v) is 10.4. The van der Waals surface area contributed by atoms with Gasteiger partial charge in [-0.3, -0.25) is 9.80 Å². The average Bonchev–Trinajstić information content (AvgIpc) is 3.12. The van der Waals surface area contributed by atoms with Crippen LogP contribution >= 0.6 is 0 Å². The van der Waals surface area contributed by atoms with Crippen molar-refractivity contribution >= 4 is 9.84 Å². The lowest BCUT2D eigenvalue weighted by atomic mass is 9.70. The largest absolute Gasteiger partial charge is 0.301 e. The molecule has 30 heavy (non-hydrogen) atoms. The quantitative estimate of drug-likeness (QED) is 0.631. The van der Waals surface area contributed by atoms with Crippen molar-refractivity contribution in [3.63, 3.8) is 0 Å². The number of rotatable bonds is 6. The maximum absolute atomic E-state index is 11.8. The lowest BCUT2D eigenvalue weighted by Gasteiger charge is -2.52. The Labute approximate surface area is 186 Å². The molecule has 0 spiro atoms. The van der Waals surface area contributed by atoms with Gasteiger partial charge < -0.3 is 4.90 Å². The summed E-state index contributed by atoms with van der Waals surface area (Å²) in [7, 11) is -2.82. The molecule has 0 aromatic heterocycles. The van der Waals surface area contributed by atoms with E-state index in [0.29, 0.717) is 36.1 Å². The first-order valence-corrected chi connectivity index (χ1v) is 14.0. The highest BCUT2D eigenvalue weighted by Gasteiger charge is 2.45. The molecule has 0 aliphatic carbocycles. The summed E-state index contributed by atoms with van der Waals surface area (Å²) in [6.45, 7) is 23.0. The van der Waals surface area contributed by atoms with Crippen molar-refractivity contribution in [3.05, 3.63) is 0 Å². The second-order valence-corrected chi connectivity index (χ2v) is 14.5. The van der Waals surface area contributed by atoms with Crippen LogP contribution in [0, 0.1) is 11.3 Å². The summed E-state index contributed by atoms with van der Waals surface area (Å²) >= 11 is 0. The number of hydrogen-bond donors (Lipinski definition) is 0.